The third kappa shape index (κ3) is 8.83. The molecule has 314 valence electrons. The van der Waals surface area contributed by atoms with Crippen molar-refractivity contribution in [2.75, 3.05) is 59.4 Å². The van der Waals surface area contributed by atoms with Crippen molar-refractivity contribution in [1.82, 2.24) is 19.4 Å². The Hall–Kier alpha value is -4.29. The van der Waals surface area contributed by atoms with Gasteiger partial charge in [-0.3, -0.25) is 9.59 Å². The lowest BCUT2D eigenvalue weighted by atomic mass is 9.75. The Bertz CT molecular complexity index is 2080. The molecule has 4 aliphatic rings. The number of ether oxygens (including phenoxy) is 2. The molecule has 58 heavy (non-hydrogen) atoms. The topological polar surface area (TPSA) is 115 Å². The number of rotatable bonds is 12. The fourth-order valence-electron chi connectivity index (χ4n) is 10.4. The summed E-state index contributed by atoms with van der Waals surface area (Å²) in [5.74, 6) is 1.37. The zero-order valence-electron chi connectivity index (χ0n) is 34.2. The van der Waals surface area contributed by atoms with Gasteiger partial charge in [-0.2, -0.15) is 0 Å². The zero-order chi connectivity index (χ0) is 40.8. The first-order valence-electron chi connectivity index (χ1n) is 21.6. The van der Waals surface area contributed by atoms with Crippen molar-refractivity contribution in [2.45, 2.75) is 91.1 Å². The predicted molar refractivity (Wildman–Crippen MR) is 221 cm³/mol. The van der Waals surface area contributed by atoms with Crippen LogP contribution in [0.25, 0.3) is 21.8 Å². The van der Waals surface area contributed by atoms with E-state index in [1.165, 1.54) is 22.5 Å². The van der Waals surface area contributed by atoms with Gasteiger partial charge in [0.15, 0.2) is 0 Å². The van der Waals surface area contributed by atoms with E-state index in [1.54, 1.807) is 17.0 Å². The van der Waals surface area contributed by atoms with Crippen LogP contribution in [0.5, 0.6) is 0 Å². The van der Waals surface area contributed by atoms with Crippen LogP contribution in [0, 0.1) is 23.7 Å². The molecule has 4 heterocycles. The number of halogens is 2. The van der Waals surface area contributed by atoms with E-state index in [0.29, 0.717) is 61.0 Å². The number of nitrogens with one attached hydrogen (secondary N) is 1. The van der Waals surface area contributed by atoms with Crippen LogP contribution in [0.3, 0.4) is 0 Å². The second-order valence-corrected chi connectivity index (χ2v) is 16.5. The molecule has 2 atom stereocenters. The van der Waals surface area contributed by atoms with E-state index < -0.39 is 19.3 Å². The van der Waals surface area contributed by atoms with Crippen molar-refractivity contribution >= 4 is 39.6 Å². The van der Waals surface area contributed by atoms with Crippen LogP contribution in [-0.4, -0.2) is 96.3 Å². The van der Waals surface area contributed by atoms with Crippen LogP contribution in [0.1, 0.15) is 95.6 Å². The third-order valence-electron chi connectivity index (χ3n) is 13.4. The van der Waals surface area contributed by atoms with Gasteiger partial charge in [0.2, 0.25) is 5.91 Å². The second kappa shape index (κ2) is 19.2. The van der Waals surface area contributed by atoms with Crippen LogP contribution >= 0.6 is 0 Å². The first-order chi connectivity index (χ1) is 28.3. The number of nitrogens with zero attached hydrogens (tertiary/aromatic N) is 3. The van der Waals surface area contributed by atoms with Gasteiger partial charge in [-0.25, -0.2) is 13.6 Å². The largest absolute Gasteiger partial charge is 0.478 e. The lowest BCUT2D eigenvalue weighted by Gasteiger charge is -2.33. The minimum atomic E-state index is -0.911. The van der Waals surface area contributed by atoms with E-state index >= 15 is 0 Å². The van der Waals surface area contributed by atoms with Gasteiger partial charge in [0.05, 0.1) is 25.2 Å². The molecule has 0 spiro atoms. The number of aromatic carboxylic acids is 1. The van der Waals surface area contributed by atoms with Gasteiger partial charge in [-0.15, -0.1) is 0 Å². The van der Waals surface area contributed by atoms with Gasteiger partial charge in [-0.05, 0) is 149 Å². The highest BCUT2D eigenvalue weighted by atomic mass is 19.1. The molecule has 0 saturated carbocycles. The smallest absolute Gasteiger partial charge is 0.335 e. The van der Waals surface area contributed by atoms with Gasteiger partial charge < -0.3 is 33.9 Å². The van der Waals surface area contributed by atoms with E-state index in [-0.39, 0.29) is 18.4 Å². The maximum Gasteiger partial charge on any atom is 0.335 e. The molecule has 2 aliphatic carbocycles. The van der Waals surface area contributed by atoms with Crippen LogP contribution in [0.15, 0.2) is 36.4 Å². The number of carboxylic acid groups (broad SMARTS) is 1. The molecule has 8 rings (SSSR count). The van der Waals surface area contributed by atoms with Crippen molar-refractivity contribution in [1.29, 1.82) is 0 Å². The zero-order valence-corrected chi connectivity index (χ0v) is 34.2. The summed E-state index contributed by atoms with van der Waals surface area (Å²) in [6.45, 7) is 8.06. The molecule has 4 aromatic rings. The number of carbonyl (C=O) groups excluding carboxylic acids is 2. The van der Waals surface area contributed by atoms with Crippen molar-refractivity contribution in [3.8, 4) is 0 Å². The average Bonchev–Trinajstić information content (AvgIpc) is 3.74. The van der Waals surface area contributed by atoms with Gasteiger partial charge >= 0.3 is 5.97 Å². The number of hydrogen-bond donors (Lipinski definition) is 2. The Balaban J connectivity index is 0.000000183. The molecular weight excluding hydrogens is 743 g/mol. The first-order valence-corrected chi connectivity index (χ1v) is 21.6. The third-order valence-corrected chi connectivity index (χ3v) is 13.4. The summed E-state index contributed by atoms with van der Waals surface area (Å²) in [7, 11) is 0. The molecule has 0 bridgehead atoms. The van der Waals surface area contributed by atoms with E-state index in [1.807, 2.05) is 38.1 Å². The van der Waals surface area contributed by atoms with E-state index in [2.05, 4.69) is 14.5 Å². The van der Waals surface area contributed by atoms with Gasteiger partial charge in [-0.1, -0.05) is 0 Å². The molecule has 2 N–H and O–H groups in total. The predicted octanol–water partition coefficient (Wildman–Crippen LogP) is 7.58. The highest BCUT2D eigenvalue weighted by molar-refractivity contribution is 6.01. The molecule has 2 saturated heterocycles. The maximum absolute atomic E-state index is 13.4. The summed E-state index contributed by atoms with van der Waals surface area (Å²) >= 11 is 0. The minimum absolute atomic E-state index is 0.0496. The van der Waals surface area contributed by atoms with Gasteiger partial charge in [0.1, 0.15) is 13.3 Å². The number of carbonyl (C=O) groups is 3. The fourth-order valence-corrected chi connectivity index (χ4v) is 10.4. The Kier molecular flexibility index (Phi) is 13.8. The highest BCUT2D eigenvalue weighted by Crippen LogP contribution is 2.41. The number of amides is 2. The molecule has 0 radical (unpaired) electrons. The fraction of sp³-hybridized carbons (Fsp3) is 0.587. The molecule has 12 heteroatoms. The lowest BCUT2D eigenvalue weighted by Crippen LogP contribution is -2.40. The van der Waals surface area contributed by atoms with Crippen LogP contribution in [-0.2, 0) is 53.0 Å². The van der Waals surface area contributed by atoms with Gasteiger partial charge in [0.25, 0.3) is 5.91 Å². The number of fused-ring (bicyclic) bond motifs is 6. The number of aromatic nitrogens is 2. The number of benzene rings is 2. The first kappa shape index (κ1) is 41.9. The van der Waals surface area contributed by atoms with Crippen molar-refractivity contribution in [3.63, 3.8) is 0 Å². The summed E-state index contributed by atoms with van der Waals surface area (Å²) in [6, 6.07) is 11.0. The van der Waals surface area contributed by atoms with E-state index in [4.69, 9.17) is 9.47 Å². The average molecular weight is 803 g/mol. The number of likely N-dealkylation sites (N-methyl/N-ethyl adjacent to an activating group) is 2. The number of aryl methyl sites for hydroxylation is 2. The molecule has 2 aliphatic heterocycles. The Morgan fingerprint density at radius 2 is 1.21 bits per heavy atom. The van der Waals surface area contributed by atoms with E-state index in [0.717, 1.165) is 112 Å². The standard InChI is InChI=1S/C26H36FN3O3.C20H24FNO3/c1-3-28-25(31)17-29(4-2)26(32)20-6-8-24-22(16-20)21-15-19(18-9-13-33-14-10-18)5-7-23(21)30(24)12-11-27;21-7-8-22-18-3-1-14(13-5-9-25-10-6-13)11-16(18)17-12-15(20(23)24)2-4-19(17)22/h6,8,16,18-19H,3-5,7,9-15,17H2,1-2H3,(H,28,31);2,4,12-14H,1,3,5-11H2,(H,23,24). The van der Waals surface area contributed by atoms with Crippen LogP contribution < -0.4 is 5.32 Å². The highest BCUT2D eigenvalue weighted by Gasteiger charge is 2.33. The monoisotopic (exact) mass is 802 g/mol. The number of hydrogen-bond acceptors (Lipinski definition) is 5. The normalized spacial score (nSPS) is 19.9. The SMILES string of the molecule is CCNC(=O)CN(CC)C(=O)c1ccc2c(c1)c1c(n2CCF)CCC(C2CCOCC2)C1.O=C(O)c1ccc2c(c1)c1c(n2CCF)CCC(C2CCOCC2)C1. The maximum atomic E-state index is 13.4. The summed E-state index contributed by atoms with van der Waals surface area (Å²) in [6.07, 6.45) is 10.6. The number of alkyl halides is 2. The quantitative estimate of drug-likeness (QED) is 0.153. The summed E-state index contributed by atoms with van der Waals surface area (Å²) < 4.78 is 41.8. The van der Waals surface area contributed by atoms with E-state index in [9.17, 15) is 28.3 Å². The minimum Gasteiger partial charge on any atom is -0.478 e. The molecule has 10 nitrogen and oxygen atoms in total. The number of carboxylic acids is 1. The molecule has 2 aromatic carbocycles. The van der Waals surface area contributed by atoms with Gasteiger partial charge in [0, 0.05) is 78.3 Å². The molecule has 2 fully saturated rings. The van der Waals surface area contributed by atoms with Crippen LogP contribution in [0.4, 0.5) is 8.78 Å². The van der Waals surface area contributed by atoms with Crippen molar-refractivity contribution in [2.24, 2.45) is 23.7 Å². The van der Waals surface area contributed by atoms with Crippen molar-refractivity contribution in [3.05, 3.63) is 70.0 Å². The van der Waals surface area contributed by atoms with Crippen molar-refractivity contribution < 1.29 is 37.7 Å². The van der Waals surface area contributed by atoms with Crippen LogP contribution in [0.2, 0.25) is 0 Å². The second-order valence-electron chi connectivity index (χ2n) is 16.5. The Labute approximate surface area is 340 Å². The lowest BCUT2D eigenvalue weighted by molar-refractivity contribution is -0.121. The molecule has 2 aromatic heterocycles. The molecule has 2 unspecified atom stereocenters. The molecular formula is C46H60F2N4O6. The summed E-state index contributed by atoms with van der Waals surface area (Å²) in [5, 5.41) is 14.2. The Morgan fingerprint density at radius 3 is 1.66 bits per heavy atom. The Morgan fingerprint density at radius 1 is 0.724 bits per heavy atom. The molecule has 2 amide bonds. The summed E-state index contributed by atoms with van der Waals surface area (Å²) in [4.78, 5) is 38.2. The summed E-state index contributed by atoms with van der Waals surface area (Å²) in [5.41, 5.74) is 7.83.